The molecule has 0 aliphatic heterocycles. The molecule has 0 aliphatic carbocycles. The fourth-order valence-corrected chi connectivity index (χ4v) is 1.12. The molecule has 1 N–H and O–H groups in total. The van der Waals surface area contributed by atoms with E-state index in [2.05, 4.69) is 12.2 Å². The minimum Gasteiger partial charge on any atom is -0.359 e. The minimum absolute atomic E-state index is 0.0407. The molecule has 1 amide bonds. The van der Waals surface area contributed by atoms with Crippen LogP contribution in [0.5, 0.6) is 0 Å². The lowest BCUT2D eigenvalue weighted by atomic mass is 10.2. The van der Waals surface area contributed by atoms with E-state index >= 15 is 0 Å². The lowest BCUT2D eigenvalue weighted by Gasteiger charge is -2.13. The number of amides is 1. The molecule has 0 heterocycles. The molecule has 0 aliphatic rings. The van der Waals surface area contributed by atoms with Gasteiger partial charge in [-0.25, -0.2) is 0 Å². The zero-order valence-corrected chi connectivity index (χ0v) is 8.93. The van der Waals surface area contributed by atoms with Crippen LogP contribution in [0.25, 0.3) is 0 Å². The molecule has 0 rings (SSSR count). The fraction of sp³-hybridized carbons (Fsp3) is 0.900. The third-order valence-corrected chi connectivity index (χ3v) is 1.77. The van der Waals surface area contributed by atoms with Crippen molar-refractivity contribution in [1.82, 2.24) is 5.32 Å². The summed E-state index contributed by atoms with van der Waals surface area (Å²) >= 11 is 0. The summed E-state index contributed by atoms with van der Waals surface area (Å²) < 4.78 is 5.37. The van der Waals surface area contributed by atoms with Crippen LogP contribution in [0.15, 0.2) is 0 Å². The van der Waals surface area contributed by atoms with Crippen molar-refractivity contribution < 1.29 is 9.53 Å². The van der Waals surface area contributed by atoms with Crippen molar-refractivity contribution in [2.75, 3.05) is 6.61 Å². The second-order valence-electron chi connectivity index (χ2n) is 3.27. The van der Waals surface area contributed by atoms with E-state index in [0.29, 0.717) is 0 Å². The van der Waals surface area contributed by atoms with Gasteiger partial charge in [-0.1, -0.05) is 26.2 Å². The van der Waals surface area contributed by atoms with Gasteiger partial charge in [0, 0.05) is 13.5 Å². The predicted molar refractivity (Wildman–Crippen MR) is 53.4 cm³/mol. The molecule has 0 spiro atoms. The zero-order chi connectivity index (χ0) is 10.1. The Kier molecular flexibility index (Phi) is 7.69. The molecule has 0 aromatic heterocycles. The average molecular weight is 187 g/mol. The summed E-state index contributed by atoms with van der Waals surface area (Å²) in [6.07, 6.45) is 4.64. The third kappa shape index (κ3) is 9.34. The SMILES string of the molecule is CCCCCCO[C@H](C)NC(C)=O. The molecule has 0 fully saturated rings. The van der Waals surface area contributed by atoms with Gasteiger partial charge in [0.25, 0.3) is 0 Å². The first-order chi connectivity index (χ1) is 6.16. The molecule has 0 aromatic carbocycles. The highest BCUT2D eigenvalue weighted by Crippen LogP contribution is 1.99. The maximum Gasteiger partial charge on any atom is 0.218 e. The first-order valence-corrected chi connectivity index (χ1v) is 5.05. The second-order valence-corrected chi connectivity index (χ2v) is 3.27. The van der Waals surface area contributed by atoms with Crippen LogP contribution < -0.4 is 5.32 Å². The maximum atomic E-state index is 10.6. The largest absolute Gasteiger partial charge is 0.359 e. The molecule has 0 bridgehead atoms. The number of hydrogen-bond donors (Lipinski definition) is 1. The Morgan fingerprint density at radius 3 is 2.62 bits per heavy atom. The number of hydrogen-bond acceptors (Lipinski definition) is 2. The Morgan fingerprint density at radius 2 is 2.08 bits per heavy atom. The molecule has 78 valence electrons. The number of carbonyl (C=O) groups is 1. The third-order valence-electron chi connectivity index (χ3n) is 1.77. The van der Waals surface area contributed by atoms with Crippen LogP contribution in [0.2, 0.25) is 0 Å². The van der Waals surface area contributed by atoms with Gasteiger partial charge in [0.15, 0.2) is 0 Å². The van der Waals surface area contributed by atoms with Crippen molar-refractivity contribution in [3.8, 4) is 0 Å². The Labute approximate surface area is 80.8 Å². The van der Waals surface area contributed by atoms with Crippen molar-refractivity contribution in [3.05, 3.63) is 0 Å². The Hall–Kier alpha value is -0.570. The second kappa shape index (κ2) is 8.05. The normalized spacial score (nSPS) is 12.5. The summed E-state index contributed by atoms with van der Waals surface area (Å²) in [7, 11) is 0. The number of nitrogens with one attached hydrogen (secondary N) is 1. The first-order valence-electron chi connectivity index (χ1n) is 5.05. The molecule has 0 saturated carbocycles. The summed E-state index contributed by atoms with van der Waals surface area (Å²) in [6, 6.07) is 0. The van der Waals surface area contributed by atoms with Crippen LogP contribution in [-0.4, -0.2) is 18.7 Å². The van der Waals surface area contributed by atoms with Crippen molar-refractivity contribution in [2.24, 2.45) is 0 Å². The van der Waals surface area contributed by atoms with Gasteiger partial charge in [0.05, 0.1) is 0 Å². The van der Waals surface area contributed by atoms with E-state index in [-0.39, 0.29) is 12.1 Å². The van der Waals surface area contributed by atoms with Crippen molar-refractivity contribution in [3.63, 3.8) is 0 Å². The van der Waals surface area contributed by atoms with E-state index in [0.717, 1.165) is 13.0 Å². The van der Waals surface area contributed by atoms with Gasteiger partial charge in [-0.05, 0) is 13.3 Å². The van der Waals surface area contributed by atoms with Gasteiger partial charge in [0.2, 0.25) is 5.91 Å². The van der Waals surface area contributed by atoms with Gasteiger partial charge in [-0.2, -0.15) is 0 Å². The fourth-order valence-electron chi connectivity index (χ4n) is 1.12. The predicted octanol–water partition coefficient (Wildman–Crippen LogP) is 2.07. The molecule has 3 nitrogen and oxygen atoms in total. The summed E-state index contributed by atoms with van der Waals surface area (Å²) in [5.41, 5.74) is 0. The molecular formula is C10H21NO2. The smallest absolute Gasteiger partial charge is 0.218 e. The molecule has 0 unspecified atom stereocenters. The van der Waals surface area contributed by atoms with E-state index in [9.17, 15) is 4.79 Å². The van der Waals surface area contributed by atoms with Crippen LogP contribution in [0.3, 0.4) is 0 Å². The van der Waals surface area contributed by atoms with E-state index in [4.69, 9.17) is 4.74 Å². The molecular weight excluding hydrogens is 166 g/mol. The number of rotatable bonds is 7. The molecule has 1 atom stereocenters. The lowest BCUT2D eigenvalue weighted by Crippen LogP contribution is -2.32. The summed E-state index contributed by atoms with van der Waals surface area (Å²) in [6.45, 7) is 6.26. The van der Waals surface area contributed by atoms with E-state index < -0.39 is 0 Å². The van der Waals surface area contributed by atoms with Crippen LogP contribution in [0.1, 0.15) is 46.5 Å². The van der Waals surface area contributed by atoms with Crippen molar-refractivity contribution in [2.45, 2.75) is 52.7 Å². The summed E-state index contributed by atoms with van der Waals surface area (Å²) in [5.74, 6) is -0.0407. The molecule has 0 saturated heterocycles. The standard InChI is InChI=1S/C10H21NO2/c1-4-5-6-7-8-13-10(3)11-9(2)12/h10H,4-8H2,1-3H3,(H,11,12)/t10-/m1/s1. The molecule has 0 aromatic rings. The lowest BCUT2D eigenvalue weighted by molar-refractivity contribution is -0.122. The highest BCUT2D eigenvalue weighted by Gasteiger charge is 2.01. The molecule has 13 heavy (non-hydrogen) atoms. The number of unbranched alkanes of at least 4 members (excludes halogenated alkanes) is 3. The molecule has 3 heteroatoms. The topological polar surface area (TPSA) is 38.3 Å². The summed E-state index contributed by atoms with van der Waals surface area (Å²) in [5, 5.41) is 2.67. The van der Waals surface area contributed by atoms with Crippen LogP contribution in [0.4, 0.5) is 0 Å². The van der Waals surface area contributed by atoms with Crippen molar-refractivity contribution in [1.29, 1.82) is 0 Å². The van der Waals surface area contributed by atoms with Crippen molar-refractivity contribution >= 4 is 5.91 Å². The van der Waals surface area contributed by atoms with Crippen LogP contribution >= 0.6 is 0 Å². The zero-order valence-electron chi connectivity index (χ0n) is 8.93. The van der Waals surface area contributed by atoms with Gasteiger partial charge < -0.3 is 10.1 Å². The monoisotopic (exact) mass is 187 g/mol. The number of carbonyl (C=O) groups excluding carboxylic acids is 1. The quantitative estimate of drug-likeness (QED) is 0.489. The van der Waals surface area contributed by atoms with Gasteiger partial charge in [-0.15, -0.1) is 0 Å². The minimum atomic E-state index is -0.154. The van der Waals surface area contributed by atoms with Gasteiger partial charge >= 0.3 is 0 Å². The average Bonchev–Trinajstić information content (AvgIpc) is 2.02. The van der Waals surface area contributed by atoms with E-state index in [1.165, 1.54) is 26.2 Å². The highest BCUT2D eigenvalue weighted by molar-refractivity contribution is 5.72. The Balaban J connectivity index is 3.17. The molecule has 0 radical (unpaired) electrons. The van der Waals surface area contributed by atoms with E-state index in [1.54, 1.807) is 0 Å². The van der Waals surface area contributed by atoms with Crippen LogP contribution in [-0.2, 0) is 9.53 Å². The van der Waals surface area contributed by atoms with Crippen LogP contribution in [0, 0.1) is 0 Å². The highest BCUT2D eigenvalue weighted by atomic mass is 16.5. The Morgan fingerprint density at radius 1 is 1.38 bits per heavy atom. The van der Waals surface area contributed by atoms with Gasteiger partial charge in [-0.3, -0.25) is 4.79 Å². The van der Waals surface area contributed by atoms with E-state index in [1.807, 2.05) is 6.92 Å². The Bertz CT molecular complexity index is 137. The maximum absolute atomic E-state index is 10.6. The number of ether oxygens (including phenoxy) is 1. The summed E-state index contributed by atoms with van der Waals surface area (Å²) in [4.78, 5) is 10.6. The van der Waals surface area contributed by atoms with Gasteiger partial charge in [0.1, 0.15) is 6.23 Å². The first kappa shape index (κ1) is 12.4.